The number of benzene rings is 2. The van der Waals surface area contributed by atoms with Gasteiger partial charge in [-0.1, -0.05) is 68.4 Å². The molecule has 4 amide bonds. The Bertz CT molecular complexity index is 1670. The number of amides is 4. The number of carbonyl (C=O) groups is 7. The highest BCUT2D eigenvalue weighted by atomic mass is 16.5. The highest BCUT2D eigenvalue weighted by Gasteiger charge is 2.39. The summed E-state index contributed by atoms with van der Waals surface area (Å²) in [6.07, 6.45) is 7.34. The number of unbranched alkanes of at least 4 members (excludes halogenated alkanes) is 3. The lowest BCUT2D eigenvalue weighted by Crippen LogP contribution is -2.65. The standard InChI is InChI=1S/C42H59N7O9/c1-4-5-7-18-37(52)45-24-13-11-16-33(27-50)49(44)48(34(28-51)26-30-19-21-32(22-20-30)38(53)31-14-8-6-9-15-31)42(57)36(17-10-12-23-43)46-40(55)35(25-29(2)3)39(54)41(56)47-58/h1,6,8-9,14-15,19-22,27-29,33-36,39,54,58H,5,7,10-13,16-18,23-26,43-44H2,2-3H3,(H,45,52)(H,46,55)(H,47,56). The Morgan fingerprint density at radius 1 is 0.862 bits per heavy atom. The lowest BCUT2D eigenvalue weighted by molar-refractivity contribution is -0.168. The van der Waals surface area contributed by atoms with Gasteiger partial charge in [0.15, 0.2) is 5.78 Å². The molecule has 0 radical (unpaired) electrons. The van der Waals surface area contributed by atoms with Crippen molar-refractivity contribution in [1.29, 1.82) is 0 Å². The highest BCUT2D eigenvalue weighted by molar-refractivity contribution is 6.09. The molecule has 0 fully saturated rings. The van der Waals surface area contributed by atoms with Crippen LogP contribution in [0.4, 0.5) is 0 Å². The number of carbonyl (C=O) groups excluding carboxylic acids is 7. The fourth-order valence-corrected chi connectivity index (χ4v) is 6.32. The third-order valence-corrected chi connectivity index (χ3v) is 9.50. The van der Waals surface area contributed by atoms with Gasteiger partial charge in [0.05, 0.1) is 5.92 Å². The predicted octanol–water partition coefficient (Wildman–Crippen LogP) is 1.75. The van der Waals surface area contributed by atoms with Crippen molar-refractivity contribution in [1.82, 2.24) is 26.2 Å². The van der Waals surface area contributed by atoms with E-state index in [2.05, 4.69) is 16.6 Å². The molecule has 2 rings (SSSR count). The third kappa shape index (κ3) is 15.9. The molecule has 0 heterocycles. The van der Waals surface area contributed by atoms with Crippen LogP contribution in [-0.2, 0) is 35.2 Å². The molecule has 58 heavy (non-hydrogen) atoms. The van der Waals surface area contributed by atoms with E-state index < -0.39 is 47.9 Å². The van der Waals surface area contributed by atoms with Crippen LogP contribution in [0.5, 0.6) is 0 Å². The van der Waals surface area contributed by atoms with Crippen molar-refractivity contribution >= 4 is 42.0 Å². The van der Waals surface area contributed by atoms with E-state index >= 15 is 0 Å². The Morgan fingerprint density at radius 2 is 1.50 bits per heavy atom. The van der Waals surface area contributed by atoms with Gasteiger partial charge in [0.25, 0.3) is 11.8 Å². The van der Waals surface area contributed by atoms with E-state index in [0.29, 0.717) is 74.3 Å². The molecule has 0 aliphatic rings. The molecule has 0 aliphatic carbocycles. The molecule has 16 nitrogen and oxygen atoms in total. The van der Waals surface area contributed by atoms with Crippen molar-refractivity contribution in [3.05, 3.63) is 71.3 Å². The molecule has 5 atom stereocenters. The van der Waals surface area contributed by atoms with Crippen LogP contribution in [-0.4, -0.2) is 99.7 Å². The number of nitrogens with one attached hydrogen (secondary N) is 3. The Balaban J connectivity index is 2.48. The summed E-state index contributed by atoms with van der Waals surface area (Å²) in [5.74, 6) is 4.20. The van der Waals surface area contributed by atoms with Crippen LogP contribution in [0.25, 0.3) is 0 Å². The SMILES string of the molecule is C#CCCCC(=O)NCCCCC(C=O)N(N)N(C(=O)C(CCCCN)NC(=O)C(CC(C)C)C(O)C(=O)NO)C(C=O)Cc1ccc(C(=O)c2ccccc2)cc1. The quantitative estimate of drug-likeness (QED) is 0.0124. The molecule has 0 spiro atoms. The second-order valence-electron chi connectivity index (χ2n) is 14.5. The van der Waals surface area contributed by atoms with Gasteiger partial charge < -0.3 is 31.1 Å². The first kappa shape index (κ1) is 48.8. The minimum atomic E-state index is -1.96. The molecular formula is C42H59N7O9. The fourth-order valence-electron chi connectivity index (χ4n) is 6.32. The fraction of sp³-hybridized carbons (Fsp3) is 0.500. The van der Waals surface area contributed by atoms with E-state index in [1.165, 1.54) is 5.48 Å². The number of hydroxylamine groups is 1. The number of hydrogen-bond acceptors (Lipinski definition) is 12. The number of aliphatic hydroxyl groups is 1. The van der Waals surface area contributed by atoms with Crippen LogP contribution >= 0.6 is 0 Å². The highest BCUT2D eigenvalue weighted by Crippen LogP contribution is 2.21. The van der Waals surface area contributed by atoms with E-state index in [-0.39, 0.29) is 56.3 Å². The van der Waals surface area contributed by atoms with Crippen LogP contribution in [0.1, 0.15) is 99.5 Å². The molecular weight excluding hydrogens is 747 g/mol. The van der Waals surface area contributed by atoms with Gasteiger partial charge >= 0.3 is 0 Å². The predicted molar refractivity (Wildman–Crippen MR) is 216 cm³/mol. The average Bonchev–Trinajstić information content (AvgIpc) is 3.22. The van der Waals surface area contributed by atoms with Gasteiger partial charge in [-0.15, -0.1) is 17.5 Å². The summed E-state index contributed by atoms with van der Waals surface area (Å²) in [7, 11) is 0. The van der Waals surface area contributed by atoms with E-state index in [4.69, 9.17) is 23.2 Å². The summed E-state index contributed by atoms with van der Waals surface area (Å²) in [6, 6.07) is 11.3. The van der Waals surface area contributed by atoms with Gasteiger partial charge in [-0.05, 0) is 69.4 Å². The van der Waals surface area contributed by atoms with Crippen molar-refractivity contribution in [2.45, 2.75) is 109 Å². The van der Waals surface area contributed by atoms with Gasteiger partial charge in [-0.3, -0.25) is 29.2 Å². The van der Waals surface area contributed by atoms with E-state index in [9.17, 15) is 38.7 Å². The number of rotatable bonds is 28. The van der Waals surface area contributed by atoms with E-state index in [1.54, 1.807) is 68.4 Å². The molecule has 9 N–H and O–H groups in total. The summed E-state index contributed by atoms with van der Waals surface area (Å²) < 4.78 is 0. The largest absolute Gasteiger partial charge is 0.382 e. The molecule has 0 saturated carbocycles. The first-order valence-electron chi connectivity index (χ1n) is 19.6. The second kappa shape index (κ2) is 26.6. The molecule has 0 saturated heterocycles. The number of terminal acetylenes is 1. The minimum absolute atomic E-state index is 0.00910. The van der Waals surface area contributed by atoms with Crippen molar-refractivity contribution in [3.8, 4) is 12.3 Å². The van der Waals surface area contributed by atoms with Crippen LogP contribution in [0, 0.1) is 24.2 Å². The topological polar surface area (TPSA) is 255 Å². The first-order valence-corrected chi connectivity index (χ1v) is 19.6. The molecule has 2 aromatic carbocycles. The third-order valence-electron chi connectivity index (χ3n) is 9.50. The number of aldehydes is 2. The summed E-state index contributed by atoms with van der Waals surface area (Å²) >= 11 is 0. The molecule has 0 aromatic heterocycles. The zero-order valence-electron chi connectivity index (χ0n) is 33.4. The number of ketones is 1. The number of nitrogens with two attached hydrogens (primary N) is 2. The number of nitrogens with zero attached hydrogens (tertiary/aromatic N) is 2. The lowest BCUT2D eigenvalue weighted by atomic mass is 9.90. The van der Waals surface area contributed by atoms with Gasteiger partial charge in [0, 0.05) is 36.9 Å². The van der Waals surface area contributed by atoms with Crippen molar-refractivity contribution in [2.24, 2.45) is 23.4 Å². The molecule has 5 unspecified atom stereocenters. The second-order valence-corrected chi connectivity index (χ2v) is 14.5. The normalized spacial score (nSPS) is 13.6. The van der Waals surface area contributed by atoms with Crippen LogP contribution in [0.15, 0.2) is 54.6 Å². The maximum absolute atomic E-state index is 14.7. The molecule has 2 aromatic rings. The van der Waals surface area contributed by atoms with Gasteiger partial charge in [0.2, 0.25) is 11.8 Å². The first-order chi connectivity index (χ1) is 27.8. The van der Waals surface area contributed by atoms with Crippen molar-refractivity contribution in [2.75, 3.05) is 13.1 Å². The molecule has 0 aliphatic heterocycles. The summed E-state index contributed by atoms with van der Waals surface area (Å²) in [4.78, 5) is 91.3. The monoisotopic (exact) mass is 805 g/mol. The number of hydrazine groups is 2. The Labute approximate surface area is 340 Å². The maximum Gasteiger partial charge on any atom is 0.272 e. The van der Waals surface area contributed by atoms with E-state index in [0.717, 1.165) is 10.1 Å². The maximum atomic E-state index is 14.7. The smallest absolute Gasteiger partial charge is 0.272 e. The Kier molecular flexibility index (Phi) is 22.4. The van der Waals surface area contributed by atoms with Gasteiger partial charge in [-0.2, -0.15) is 0 Å². The van der Waals surface area contributed by atoms with Crippen molar-refractivity contribution in [3.63, 3.8) is 0 Å². The molecule has 316 valence electrons. The lowest BCUT2D eigenvalue weighted by Gasteiger charge is -2.40. The molecule has 0 bridgehead atoms. The number of aliphatic hydroxyl groups excluding tert-OH is 1. The average molecular weight is 806 g/mol. The van der Waals surface area contributed by atoms with Crippen LogP contribution in [0.3, 0.4) is 0 Å². The van der Waals surface area contributed by atoms with Crippen LogP contribution in [0.2, 0.25) is 0 Å². The zero-order valence-corrected chi connectivity index (χ0v) is 33.4. The zero-order chi connectivity index (χ0) is 43.0. The Morgan fingerprint density at radius 3 is 2.09 bits per heavy atom. The number of hydrogen-bond donors (Lipinski definition) is 7. The van der Waals surface area contributed by atoms with E-state index in [1.807, 2.05) is 0 Å². The summed E-state index contributed by atoms with van der Waals surface area (Å²) in [5.41, 5.74) is 8.51. The Hall–Kier alpha value is -5.31. The van der Waals surface area contributed by atoms with Gasteiger partial charge in [-0.25, -0.2) is 16.3 Å². The minimum Gasteiger partial charge on any atom is -0.382 e. The summed E-state index contributed by atoms with van der Waals surface area (Å²) in [5, 5.41) is 27.1. The van der Waals surface area contributed by atoms with Gasteiger partial charge in [0.1, 0.15) is 36.8 Å². The van der Waals surface area contributed by atoms with Crippen molar-refractivity contribution < 1.29 is 43.9 Å². The summed E-state index contributed by atoms with van der Waals surface area (Å²) in [6.45, 7) is 4.11. The molecule has 16 heteroatoms. The van der Waals surface area contributed by atoms with Crippen LogP contribution < -0.4 is 27.7 Å².